The van der Waals surface area contributed by atoms with Crippen molar-refractivity contribution in [2.75, 3.05) is 13.2 Å². The van der Waals surface area contributed by atoms with Crippen LogP contribution in [0.5, 0.6) is 5.75 Å². The molecule has 94 valence electrons. The number of nitrogens with one attached hydrogen (secondary N) is 1. The van der Waals surface area contributed by atoms with Crippen LogP contribution in [0.25, 0.3) is 0 Å². The molecule has 0 heterocycles. The molecule has 0 unspecified atom stereocenters. The number of hydrogen-bond donors (Lipinski definition) is 1. The third-order valence-electron chi connectivity index (χ3n) is 1.98. The van der Waals surface area contributed by atoms with Gasteiger partial charge in [-0.15, -0.1) is 0 Å². The summed E-state index contributed by atoms with van der Waals surface area (Å²) in [6.07, 6.45) is 0.239. The second-order valence-electron chi connectivity index (χ2n) is 3.30. The van der Waals surface area contributed by atoms with Crippen LogP contribution in [0.3, 0.4) is 0 Å². The Kier molecular flexibility index (Phi) is 5.12. The quantitative estimate of drug-likeness (QED) is 0.460. The molecule has 0 aliphatic rings. The fourth-order valence-corrected chi connectivity index (χ4v) is 1.12. The molecule has 0 radical (unpaired) electrons. The van der Waals surface area contributed by atoms with Gasteiger partial charge in [-0.3, -0.25) is 14.9 Å². The van der Waals surface area contributed by atoms with Crippen LogP contribution in [-0.4, -0.2) is 24.0 Å². The van der Waals surface area contributed by atoms with Crippen LogP contribution >= 0.6 is 0 Å². The van der Waals surface area contributed by atoms with Gasteiger partial charge in [-0.25, -0.2) is 0 Å². The number of amides is 1. The first kappa shape index (κ1) is 13.4. The van der Waals surface area contributed by atoms with Crippen LogP contribution in [0.1, 0.15) is 6.42 Å². The molecule has 0 spiro atoms. The summed E-state index contributed by atoms with van der Waals surface area (Å²) in [5.41, 5.74) is -0.0409. The maximum atomic E-state index is 11.2. The van der Waals surface area contributed by atoms with E-state index in [1.54, 1.807) is 0 Å². The van der Waals surface area contributed by atoms with Crippen molar-refractivity contribution in [3.8, 4) is 11.8 Å². The molecule has 7 nitrogen and oxygen atoms in total. The second kappa shape index (κ2) is 6.85. The predicted octanol–water partition coefficient (Wildman–Crippen LogP) is 1.00. The molecule has 7 heteroatoms. The zero-order valence-corrected chi connectivity index (χ0v) is 9.46. The molecule has 1 aromatic rings. The van der Waals surface area contributed by atoms with Crippen molar-refractivity contribution in [2.24, 2.45) is 0 Å². The number of hydrogen-bond acceptors (Lipinski definition) is 5. The Bertz CT molecular complexity index is 464. The number of non-ortho nitro benzene ring substituents is 1. The number of nitro benzene ring substituents is 1. The molecular weight excluding hydrogens is 238 g/mol. The molecule has 0 atom stereocenters. The van der Waals surface area contributed by atoms with E-state index in [1.165, 1.54) is 24.3 Å². The van der Waals surface area contributed by atoms with Crippen LogP contribution in [0.4, 0.5) is 5.69 Å². The highest BCUT2D eigenvalue weighted by Crippen LogP contribution is 2.16. The van der Waals surface area contributed by atoms with E-state index in [0.717, 1.165) is 0 Å². The van der Waals surface area contributed by atoms with Gasteiger partial charge in [0.1, 0.15) is 5.75 Å². The molecule has 0 saturated carbocycles. The van der Waals surface area contributed by atoms with Gasteiger partial charge in [-0.2, -0.15) is 5.26 Å². The topological polar surface area (TPSA) is 105 Å². The lowest BCUT2D eigenvalue weighted by molar-refractivity contribution is -0.384. The minimum Gasteiger partial charge on any atom is -0.484 e. The lowest BCUT2D eigenvalue weighted by atomic mass is 10.3. The molecule has 1 aromatic carbocycles. The van der Waals surface area contributed by atoms with Crippen molar-refractivity contribution in [3.63, 3.8) is 0 Å². The molecule has 1 rings (SSSR count). The maximum absolute atomic E-state index is 11.2. The van der Waals surface area contributed by atoms with Gasteiger partial charge in [0, 0.05) is 18.7 Å². The highest BCUT2D eigenvalue weighted by molar-refractivity contribution is 5.77. The van der Waals surface area contributed by atoms with Crippen LogP contribution in [-0.2, 0) is 4.79 Å². The number of ether oxygens (including phenoxy) is 1. The van der Waals surface area contributed by atoms with Crippen LogP contribution in [0, 0.1) is 21.4 Å². The smallest absolute Gasteiger partial charge is 0.269 e. The van der Waals surface area contributed by atoms with Gasteiger partial charge < -0.3 is 10.1 Å². The largest absolute Gasteiger partial charge is 0.484 e. The van der Waals surface area contributed by atoms with Gasteiger partial charge in [0.2, 0.25) is 0 Å². The van der Waals surface area contributed by atoms with Crippen LogP contribution in [0.2, 0.25) is 0 Å². The van der Waals surface area contributed by atoms with E-state index in [0.29, 0.717) is 5.75 Å². The molecule has 0 aromatic heterocycles. The number of rotatable bonds is 6. The van der Waals surface area contributed by atoms with Crippen molar-refractivity contribution in [1.29, 1.82) is 5.26 Å². The lowest BCUT2D eigenvalue weighted by Crippen LogP contribution is -2.29. The molecule has 1 N–H and O–H groups in total. The van der Waals surface area contributed by atoms with Gasteiger partial charge >= 0.3 is 0 Å². The minimum atomic E-state index is -0.515. The summed E-state index contributed by atoms with van der Waals surface area (Å²) in [4.78, 5) is 21.1. The first-order valence-corrected chi connectivity index (χ1v) is 5.14. The molecular formula is C11H11N3O4. The average molecular weight is 249 g/mol. The summed E-state index contributed by atoms with van der Waals surface area (Å²) in [6.45, 7) is 0.0855. The highest BCUT2D eigenvalue weighted by Gasteiger charge is 2.06. The molecule has 0 saturated heterocycles. The van der Waals surface area contributed by atoms with Crippen molar-refractivity contribution < 1.29 is 14.5 Å². The Labute approximate surface area is 103 Å². The molecule has 0 bridgehead atoms. The van der Waals surface area contributed by atoms with Crippen LogP contribution in [0.15, 0.2) is 24.3 Å². The van der Waals surface area contributed by atoms with E-state index in [-0.39, 0.29) is 31.2 Å². The van der Waals surface area contributed by atoms with E-state index >= 15 is 0 Å². The Morgan fingerprint density at radius 1 is 1.44 bits per heavy atom. The summed E-state index contributed by atoms with van der Waals surface area (Å²) >= 11 is 0. The van der Waals surface area contributed by atoms with E-state index in [9.17, 15) is 14.9 Å². The number of benzene rings is 1. The zero-order valence-electron chi connectivity index (χ0n) is 9.46. The fraction of sp³-hybridized carbons (Fsp3) is 0.273. The number of carbonyl (C=O) groups is 1. The Hall–Kier alpha value is -2.62. The van der Waals surface area contributed by atoms with Crippen molar-refractivity contribution in [1.82, 2.24) is 5.32 Å². The van der Waals surface area contributed by atoms with E-state index < -0.39 is 4.92 Å². The highest BCUT2D eigenvalue weighted by atomic mass is 16.6. The first-order valence-electron chi connectivity index (χ1n) is 5.14. The van der Waals surface area contributed by atoms with E-state index in [1.807, 2.05) is 6.07 Å². The van der Waals surface area contributed by atoms with Gasteiger partial charge in [-0.1, -0.05) is 0 Å². The Balaban J connectivity index is 2.37. The number of nitro groups is 1. The summed E-state index contributed by atoms with van der Waals surface area (Å²) in [5.74, 6) is 0.0274. The predicted molar refractivity (Wildman–Crippen MR) is 61.8 cm³/mol. The molecule has 1 amide bonds. The first-order chi connectivity index (χ1) is 8.63. The summed E-state index contributed by atoms with van der Waals surface area (Å²) < 4.78 is 5.12. The third-order valence-corrected chi connectivity index (χ3v) is 1.98. The van der Waals surface area contributed by atoms with E-state index in [2.05, 4.69) is 5.32 Å². The molecule has 0 aliphatic carbocycles. The fourth-order valence-electron chi connectivity index (χ4n) is 1.12. The van der Waals surface area contributed by atoms with Crippen molar-refractivity contribution in [2.45, 2.75) is 6.42 Å². The van der Waals surface area contributed by atoms with Gasteiger partial charge in [0.15, 0.2) is 6.61 Å². The standard InChI is InChI=1S/C11H11N3O4/c12-6-1-7-13-11(15)8-18-10-4-2-9(3-5-10)14(16)17/h2-5H,1,7-8H2,(H,13,15). The number of nitrogens with zero attached hydrogens (tertiary/aromatic N) is 2. The minimum absolute atomic E-state index is 0.0409. The Morgan fingerprint density at radius 3 is 2.67 bits per heavy atom. The lowest BCUT2D eigenvalue weighted by Gasteiger charge is -2.05. The number of nitriles is 1. The Morgan fingerprint density at radius 2 is 2.11 bits per heavy atom. The normalized spacial score (nSPS) is 9.28. The summed E-state index contributed by atoms with van der Waals surface area (Å²) in [5, 5.41) is 21.2. The molecule has 18 heavy (non-hydrogen) atoms. The van der Waals surface area contributed by atoms with Crippen LogP contribution < -0.4 is 10.1 Å². The van der Waals surface area contributed by atoms with Gasteiger partial charge in [0.05, 0.1) is 17.4 Å². The summed E-state index contributed by atoms with van der Waals surface area (Å²) in [6, 6.07) is 7.32. The summed E-state index contributed by atoms with van der Waals surface area (Å²) in [7, 11) is 0. The average Bonchev–Trinajstić information content (AvgIpc) is 2.37. The van der Waals surface area contributed by atoms with Crippen molar-refractivity contribution >= 4 is 11.6 Å². The maximum Gasteiger partial charge on any atom is 0.269 e. The third kappa shape index (κ3) is 4.49. The second-order valence-corrected chi connectivity index (χ2v) is 3.30. The van der Waals surface area contributed by atoms with Crippen molar-refractivity contribution in [3.05, 3.63) is 34.4 Å². The molecule has 0 aliphatic heterocycles. The van der Waals surface area contributed by atoms with E-state index in [4.69, 9.17) is 10.00 Å². The van der Waals surface area contributed by atoms with Gasteiger partial charge in [0.25, 0.3) is 11.6 Å². The number of carbonyl (C=O) groups excluding carboxylic acids is 1. The molecule has 0 fully saturated rings. The monoisotopic (exact) mass is 249 g/mol. The van der Waals surface area contributed by atoms with Gasteiger partial charge in [-0.05, 0) is 12.1 Å². The SMILES string of the molecule is N#CCCNC(=O)COc1ccc([N+](=O)[O-])cc1. The zero-order chi connectivity index (χ0) is 13.4.